The standard InChI is InChI=1S/C29H36N4O/c1-21-15-22(2)20-33(19-21)29(31-18-24-11-9-23(17-30)10-12-24)32-27-16-26(13-14-28(27)34-3)25-7-5-4-6-8-25/h4-14,16,21-22H,15,17-20,30H2,1-3H3,(H,31,32). The van der Waals surface area contributed by atoms with Crippen molar-refractivity contribution in [2.24, 2.45) is 22.6 Å². The number of anilines is 1. The summed E-state index contributed by atoms with van der Waals surface area (Å²) in [7, 11) is 1.71. The molecule has 5 heteroatoms. The third kappa shape index (κ3) is 5.97. The zero-order chi connectivity index (χ0) is 23.9. The predicted octanol–water partition coefficient (Wildman–Crippen LogP) is 5.77. The molecule has 3 aromatic carbocycles. The van der Waals surface area contributed by atoms with Gasteiger partial charge in [-0.15, -0.1) is 0 Å². The molecule has 0 aliphatic carbocycles. The number of ether oxygens (including phenoxy) is 1. The first-order chi connectivity index (χ1) is 16.6. The molecule has 5 nitrogen and oxygen atoms in total. The van der Waals surface area contributed by atoms with Crippen molar-refractivity contribution >= 4 is 11.6 Å². The summed E-state index contributed by atoms with van der Waals surface area (Å²) in [6, 6.07) is 25.1. The molecule has 1 saturated heterocycles. The van der Waals surface area contributed by atoms with Crippen LogP contribution in [0.3, 0.4) is 0 Å². The molecule has 2 atom stereocenters. The summed E-state index contributed by atoms with van der Waals surface area (Å²) in [5.41, 5.74) is 11.3. The first kappa shape index (κ1) is 23.8. The van der Waals surface area contributed by atoms with Crippen molar-refractivity contribution in [2.45, 2.75) is 33.4 Å². The van der Waals surface area contributed by atoms with E-state index in [1.807, 2.05) is 12.1 Å². The van der Waals surface area contributed by atoms with Crippen LogP contribution in [0.5, 0.6) is 5.75 Å². The molecular weight excluding hydrogens is 420 g/mol. The molecule has 178 valence electrons. The Kier molecular flexibility index (Phi) is 7.86. The van der Waals surface area contributed by atoms with E-state index in [4.69, 9.17) is 15.5 Å². The normalized spacial score (nSPS) is 18.6. The van der Waals surface area contributed by atoms with E-state index < -0.39 is 0 Å². The van der Waals surface area contributed by atoms with Crippen molar-refractivity contribution in [3.63, 3.8) is 0 Å². The monoisotopic (exact) mass is 456 g/mol. The van der Waals surface area contributed by atoms with Crippen LogP contribution in [-0.2, 0) is 13.1 Å². The number of likely N-dealkylation sites (tertiary alicyclic amines) is 1. The van der Waals surface area contributed by atoms with Gasteiger partial charge in [0, 0.05) is 19.6 Å². The number of methoxy groups -OCH3 is 1. The van der Waals surface area contributed by atoms with Gasteiger partial charge in [0.05, 0.1) is 19.3 Å². The molecule has 2 unspecified atom stereocenters. The van der Waals surface area contributed by atoms with Gasteiger partial charge in [-0.2, -0.15) is 0 Å². The van der Waals surface area contributed by atoms with Gasteiger partial charge in [0.1, 0.15) is 5.75 Å². The highest BCUT2D eigenvalue weighted by atomic mass is 16.5. The van der Waals surface area contributed by atoms with E-state index in [1.54, 1.807) is 7.11 Å². The maximum absolute atomic E-state index is 5.76. The van der Waals surface area contributed by atoms with Gasteiger partial charge in [-0.1, -0.05) is 74.5 Å². The van der Waals surface area contributed by atoms with Crippen molar-refractivity contribution in [3.8, 4) is 16.9 Å². The van der Waals surface area contributed by atoms with Crippen molar-refractivity contribution in [1.29, 1.82) is 0 Å². The lowest BCUT2D eigenvalue weighted by Crippen LogP contribution is -2.45. The topological polar surface area (TPSA) is 62.9 Å². The minimum atomic E-state index is 0.553. The van der Waals surface area contributed by atoms with Crippen molar-refractivity contribution < 1.29 is 4.74 Å². The first-order valence-electron chi connectivity index (χ1n) is 12.1. The number of nitrogens with one attached hydrogen (secondary N) is 1. The summed E-state index contributed by atoms with van der Waals surface area (Å²) >= 11 is 0. The summed E-state index contributed by atoms with van der Waals surface area (Å²) in [5, 5.41) is 3.64. The minimum absolute atomic E-state index is 0.553. The second-order valence-corrected chi connectivity index (χ2v) is 9.42. The molecular formula is C29H36N4O. The first-order valence-corrected chi connectivity index (χ1v) is 12.1. The van der Waals surface area contributed by atoms with Gasteiger partial charge >= 0.3 is 0 Å². The van der Waals surface area contributed by atoms with Crippen LogP contribution in [0.25, 0.3) is 11.1 Å². The van der Waals surface area contributed by atoms with Gasteiger partial charge in [0.15, 0.2) is 5.96 Å². The number of benzene rings is 3. The van der Waals surface area contributed by atoms with Crippen LogP contribution in [-0.4, -0.2) is 31.1 Å². The van der Waals surface area contributed by atoms with Crippen LogP contribution < -0.4 is 15.8 Å². The van der Waals surface area contributed by atoms with Crippen molar-refractivity contribution in [3.05, 3.63) is 83.9 Å². The fourth-order valence-corrected chi connectivity index (χ4v) is 4.74. The summed E-state index contributed by atoms with van der Waals surface area (Å²) < 4.78 is 5.71. The van der Waals surface area contributed by atoms with E-state index in [-0.39, 0.29) is 0 Å². The molecule has 1 aliphatic heterocycles. The number of hydrogen-bond donors (Lipinski definition) is 2. The molecule has 34 heavy (non-hydrogen) atoms. The lowest BCUT2D eigenvalue weighted by atomic mass is 9.92. The molecule has 0 spiro atoms. The van der Waals surface area contributed by atoms with Gasteiger partial charge in [0.25, 0.3) is 0 Å². The Labute approximate surface area is 203 Å². The highest BCUT2D eigenvalue weighted by Crippen LogP contribution is 2.31. The Morgan fingerprint density at radius 1 is 0.941 bits per heavy atom. The zero-order valence-corrected chi connectivity index (χ0v) is 20.5. The van der Waals surface area contributed by atoms with Gasteiger partial charge in [-0.25, -0.2) is 4.99 Å². The molecule has 1 fully saturated rings. The highest BCUT2D eigenvalue weighted by Gasteiger charge is 2.25. The molecule has 0 bridgehead atoms. The summed E-state index contributed by atoms with van der Waals surface area (Å²) in [5.74, 6) is 2.94. The molecule has 1 heterocycles. The fraction of sp³-hybridized carbons (Fsp3) is 0.345. The van der Waals surface area contributed by atoms with Crippen LogP contribution in [0, 0.1) is 11.8 Å². The molecule has 0 saturated carbocycles. The minimum Gasteiger partial charge on any atom is -0.495 e. The predicted molar refractivity (Wildman–Crippen MR) is 142 cm³/mol. The quantitative estimate of drug-likeness (QED) is 0.365. The molecule has 3 N–H and O–H groups in total. The van der Waals surface area contributed by atoms with Crippen molar-refractivity contribution in [2.75, 3.05) is 25.5 Å². The Morgan fingerprint density at radius 3 is 2.26 bits per heavy atom. The van der Waals surface area contributed by atoms with Crippen LogP contribution in [0.1, 0.15) is 31.4 Å². The molecule has 0 amide bonds. The number of nitrogens with zero attached hydrogens (tertiary/aromatic N) is 2. The van der Waals surface area contributed by atoms with E-state index in [2.05, 4.69) is 84.7 Å². The smallest absolute Gasteiger partial charge is 0.198 e. The third-order valence-corrected chi connectivity index (χ3v) is 6.39. The second kappa shape index (κ2) is 11.2. The number of guanidine groups is 1. The van der Waals surface area contributed by atoms with E-state index >= 15 is 0 Å². The maximum atomic E-state index is 5.76. The summed E-state index contributed by atoms with van der Waals surface area (Å²) in [6.45, 7) is 7.78. The van der Waals surface area contributed by atoms with Gasteiger partial charge in [0.2, 0.25) is 0 Å². The average molecular weight is 457 g/mol. The Bertz CT molecular complexity index is 1080. The number of hydrogen-bond acceptors (Lipinski definition) is 3. The Balaban J connectivity index is 1.65. The number of piperidine rings is 1. The fourth-order valence-electron chi connectivity index (χ4n) is 4.74. The van der Waals surface area contributed by atoms with Crippen LogP contribution >= 0.6 is 0 Å². The lowest BCUT2D eigenvalue weighted by molar-refractivity contribution is 0.213. The second-order valence-electron chi connectivity index (χ2n) is 9.42. The zero-order valence-electron chi connectivity index (χ0n) is 20.5. The Morgan fingerprint density at radius 2 is 1.62 bits per heavy atom. The van der Waals surface area contributed by atoms with Gasteiger partial charge < -0.3 is 20.7 Å². The molecule has 0 radical (unpaired) electrons. The molecule has 4 rings (SSSR count). The number of rotatable bonds is 6. The average Bonchev–Trinajstić information content (AvgIpc) is 2.86. The van der Waals surface area contributed by atoms with Crippen molar-refractivity contribution in [1.82, 2.24) is 4.90 Å². The van der Waals surface area contributed by atoms with Gasteiger partial charge in [-0.3, -0.25) is 0 Å². The largest absolute Gasteiger partial charge is 0.495 e. The molecule has 1 aliphatic rings. The van der Waals surface area contributed by atoms with Crippen LogP contribution in [0.2, 0.25) is 0 Å². The third-order valence-electron chi connectivity index (χ3n) is 6.39. The molecule has 3 aromatic rings. The molecule has 0 aromatic heterocycles. The highest BCUT2D eigenvalue weighted by molar-refractivity contribution is 5.96. The van der Waals surface area contributed by atoms with E-state index in [0.717, 1.165) is 41.6 Å². The Hall–Kier alpha value is -3.31. The van der Waals surface area contributed by atoms with E-state index in [1.165, 1.54) is 17.5 Å². The lowest BCUT2D eigenvalue weighted by Gasteiger charge is -2.37. The maximum Gasteiger partial charge on any atom is 0.198 e. The summed E-state index contributed by atoms with van der Waals surface area (Å²) in [4.78, 5) is 7.45. The van der Waals surface area contributed by atoms with Gasteiger partial charge in [-0.05, 0) is 52.6 Å². The van der Waals surface area contributed by atoms with Crippen LogP contribution in [0.4, 0.5) is 5.69 Å². The van der Waals surface area contributed by atoms with Crippen LogP contribution in [0.15, 0.2) is 77.8 Å². The number of aliphatic imine (C=N–C) groups is 1. The summed E-state index contributed by atoms with van der Waals surface area (Å²) in [6.07, 6.45) is 1.25. The van der Waals surface area contributed by atoms with E-state index in [0.29, 0.717) is 24.9 Å². The SMILES string of the molecule is COc1ccc(-c2ccccc2)cc1NC(=NCc1ccc(CN)cc1)N1CC(C)CC(C)C1. The van der Waals surface area contributed by atoms with E-state index in [9.17, 15) is 0 Å². The number of nitrogens with two attached hydrogens (primary N) is 1.